The summed E-state index contributed by atoms with van der Waals surface area (Å²) in [7, 11) is 0. The topological polar surface area (TPSA) is 72.5 Å². The summed E-state index contributed by atoms with van der Waals surface area (Å²) in [5, 5.41) is 9.30. The molecule has 0 aliphatic heterocycles. The number of ether oxygens (including phenoxy) is 1. The molecule has 0 aliphatic rings. The molecule has 0 amide bonds. The van der Waals surface area contributed by atoms with Crippen LogP contribution < -0.4 is 5.73 Å². The summed E-state index contributed by atoms with van der Waals surface area (Å²) in [6, 6.07) is 0. The first-order valence-electron chi connectivity index (χ1n) is 6.38. The molecule has 4 nitrogen and oxygen atoms in total. The van der Waals surface area contributed by atoms with Crippen molar-refractivity contribution in [1.29, 1.82) is 0 Å². The van der Waals surface area contributed by atoms with Crippen LogP contribution in [0.1, 0.15) is 40.5 Å². The van der Waals surface area contributed by atoms with Crippen LogP contribution in [0.3, 0.4) is 0 Å². The third-order valence-electron chi connectivity index (χ3n) is 3.43. The first kappa shape index (κ1) is 16.4. The van der Waals surface area contributed by atoms with Gasteiger partial charge in [-0.2, -0.15) is 0 Å². The summed E-state index contributed by atoms with van der Waals surface area (Å²) >= 11 is 0. The summed E-state index contributed by atoms with van der Waals surface area (Å²) < 4.78 is 5.48. The summed E-state index contributed by atoms with van der Waals surface area (Å²) in [5.41, 5.74) is 4.79. The fraction of sp³-hybridized carbons (Fsp3) is 0.923. The summed E-state index contributed by atoms with van der Waals surface area (Å²) in [4.78, 5) is 11.3. The summed E-state index contributed by atoms with van der Waals surface area (Å²) in [5.74, 6) is -0.194. The van der Waals surface area contributed by atoms with Gasteiger partial charge < -0.3 is 15.6 Å². The van der Waals surface area contributed by atoms with Gasteiger partial charge in [0.15, 0.2) is 0 Å². The predicted octanol–water partition coefficient (Wildman–Crippen LogP) is 2.12. The van der Waals surface area contributed by atoms with E-state index < -0.39 is 11.4 Å². The van der Waals surface area contributed by atoms with Crippen molar-refractivity contribution in [3.8, 4) is 0 Å². The van der Waals surface area contributed by atoms with Crippen molar-refractivity contribution >= 4 is 5.97 Å². The molecule has 1 unspecified atom stereocenters. The highest BCUT2D eigenvalue weighted by Gasteiger charge is 2.39. The Kier molecular flexibility index (Phi) is 7.39. The number of aliphatic carboxylic acids is 1. The van der Waals surface area contributed by atoms with Crippen LogP contribution in [0.2, 0.25) is 0 Å². The van der Waals surface area contributed by atoms with Gasteiger partial charge in [-0.1, -0.05) is 27.7 Å². The van der Waals surface area contributed by atoms with E-state index in [1.54, 1.807) is 0 Å². The van der Waals surface area contributed by atoms with Crippen LogP contribution in [0.4, 0.5) is 0 Å². The molecule has 102 valence electrons. The van der Waals surface area contributed by atoms with Gasteiger partial charge in [-0.25, -0.2) is 0 Å². The quantitative estimate of drug-likeness (QED) is 0.610. The molecule has 4 heteroatoms. The molecular formula is C13H27NO3. The predicted molar refractivity (Wildman–Crippen MR) is 68.9 cm³/mol. The van der Waals surface area contributed by atoms with Gasteiger partial charge in [-0.05, 0) is 24.7 Å². The largest absolute Gasteiger partial charge is 0.481 e. The average molecular weight is 245 g/mol. The molecule has 0 aliphatic carbocycles. The lowest BCUT2D eigenvalue weighted by Gasteiger charge is -2.31. The fourth-order valence-electron chi connectivity index (χ4n) is 1.74. The summed E-state index contributed by atoms with van der Waals surface area (Å²) in [6.45, 7) is 9.39. The van der Waals surface area contributed by atoms with Crippen molar-refractivity contribution < 1.29 is 14.6 Å². The van der Waals surface area contributed by atoms with Crippen molar-refractivity contribution in [3.63, 3.8) is 0 Å². The molecule has 0 spiro atoms. The lowest BCUT2D eigenvalue weighted by Crippen LogP contribution is -2.44. The minimum absolute atomic E-state index is 0.0127. The fourth-order valence-corrected chi connectivity index (χ4v) is 1.74. The van der Waals surface area contributed by atoms with E-state index in [4.69, 9.17) is 10.5 Å². The van der Waals surface area contributed by atoms with E-state index in [1.807, 2.05) is 13.8 Å². The van der Waals surface area contributed by atoms with Gasteiger partial charge >= 0.3 is 5.97 Å². The molecule has 0 radical (unpaired) electrons. The molecule has 17 heavy (non-hydrogen) atoms. The second kappa shape index (κ2) is 7.67. The van der Waals surface area contributed by atoms with Gasteiger partial charge in [0.05, 0.1) is 5.41 Å². The Hall–Kier alpha value is -0.610. The van der Waals surface area contributed by atoms with E-state index in [2.05, 4.69) is 13.8 Å². The Balaban J connectivity index is 4.14. The number of hydrogen-bond acceptors (Lipinski definition) is 3. The third kappa shape index (κ3) is 5.04. The number of rotatable bonds is 9. The molecule has 0 aromatic rings. The first-order chi connectivity index (χ1) is 7.86. The van der Waals surface area contributed by atoms with E-state index >= 15 is 0 Å². The highest BCUT2D eigenvalue weighted by Crippen LogP contribution is 2.30. The third-order valence-corrected chi connectivity index (χ3v) is 3.43. The number of hydrogen-bond donors (Lipinski definition) is 2. The number of nitrogens with two attached hydrogens (primary N) is 1. The highest BCUT2D eigenvalue weighted by molar-refractivity contribution is 5.75. The zero-order valence-corrected chi connectivity index (χ0v) is 11.5. The molecule has 1 atom stereocenters. The van der Waals surface area contributed by atoms with Crippen LogP contribution in [-0.2, 0) is 9.53 Å². The molecule has 0 saturated heterocycles. The molecule has 0 aromatic heterocycles. The van der Waals surface area contributed by atoms with E-state index in [9.17, 15) is 9.90 Å². The lowest BCUT2D eigenvalue weighted by atomic mass is 9.75. The molecule has 0 saturated carbocycles. The van der Waals surface area contributed by atoms with Crippen molar-refractivity contribution in [2.24, 2.45) is 23.0 Å². The zero-order chi connectivity index (χ0) is 13.5. The molecule has 0 rings (SSSR count). The Labute approximate surface area is 105 Å². The first-order valence-corrected chi connectivity index (χ1v) is 6.38. The maximum Gasteiger partial charge on any atom is 0.311 e. The number of carboxylic acids is 1. The normalized spacial score (nSPS) is 15.2. The van der Waals surface area contributed by atoms with Crippen LogP contribution in [-0.4, -0.2) is 30.8 Å². The van der Waals surface area contributed by atoms with Crippen LogP contribution in [0.25, 0.3) is 0 Å². The number of carboxylic acid groups (broad SMARTS) is 1. The van der Waals surface area contributed by atoms with E-state index in [0.29, 0.717) is 25.6 Å². The highest BCUT2D eigenvalue weighted by atomic mass is 16.5. The molecule has 0 fully saturated rings. The van der Waals surface area contributed by atoms with E-state index in [0.717, 1.165) is 6.42 Å². The molecule has 0 bridgehead atoms. The zero-order valence-electron chi connectivity index (χ0n) is 11.5. The summed E-state index contributed by atoms with van der Waals surface area (Å²) in [6.07, 6.45) is 1.49. The Morgan fingerprint density at radius 3 is 2.24 bits per heavy atom. The molecule has 0 heterocycles. The van der Waals surface area contributed by atoms with Crippen molar-refractivity contribution in [1.82, 2.24) is 0 Å². The van der Waals surface area contributed by atoms with Crippen molar-refractivity contribution in [2.45, 2.75) is 40.5 Å². The molecule has 0 aromatic carbocycles. The van der Waals surface area contributed by atoms with Crippen LogP contribution in [0, 0.1) is 17.3 Å². The smallest absolute Gasteiger partial charge is 0.311 e. The Morgan fingerprint density at radius 2 is 1.88 bits per heavy atom. The van der Waals surface area contributed by atoms with Crippen LogP contribution >= 0.6 is 0 Å². The minimum atomic E-state index is -0.849. The monoisotopic (exact) mass is 245 g/mol. The van der Waals surface area contributed by atoms with Gasteiger partial charge in [0.1, 0.15) is 0 Å². The minimum Gasteiger partial charge on any atom is -0.481 e. The van der Waals surface area contributed by atoms with Crippen LogP contribution in [0.5, 0.6) is 0 Å². The van der Waals surface area contributed by atoms with Gasteiger partial charge in [0.25, 0.3) is 0 Å². The lowest BCUT2D eigenvalue weighted by molar-refractivity contribution is -0.152. The van der Waals surface area contributed by atoms with Gasteiger partial charge in [-0.3, -0.25) is 4.79 Å². The maximum atomic E-state index is 11.3. The van der Waals surface area contributed by atoms with Crippen LogP contribution in [0.15, 0.2) is 0 Å². The standard InChI is InChI=1S/C13H27NO3/c1-10(2)5-7-17-8-6-13(9-14,11(3)4)12(15)16/h10-11H,5-9,14H2,1-4H3,(H,15,16). The number of carbonyl (C=O) groups is 1. The van der Waals surface area contributed by atoms with Crippen molar-refractivity contribution in [3.05, 3.63) is 0 Å². The SMILES string of the molecule is CC(C)CCOCCC(CN)(C(=O)O)C(C)C. The van der Waals surface area contributed by atoms with Gasteiger partial charge in [0.2, 0.25) is 0 Å². The second-order valence-corrected chi connectivity index (χ2v) is 5.37. The van der Waals surface area contributed by atoms with E-state index in [-0.39, 0.29) is 12.5 Å². The second-order valence-electron chi connectivity index (χ2n) is 5.37. The van der Waals surface area contributed by atoms with Crippen molar-refractivity contribution in [2.75, 3.05) is 19.8 Å². The Bertz CT molecular complexity index is 229. The Morgan fingerprint density at radius 1 is 1.29 bits per heavy atom. The van der Waals surface area contributed by atoms with E-state index in [1.165, 1.54) is 0 Å². The average Bonchev–Trinajstić information content (AvgIpc) is 2.22. The molecule has 3 N–H and O–H groups in total. The molecular weight excluding hydrogens is 218 g/mol. The van der Waals surface area contributed by atoms with Gasteiger partial charge in [0, 0.05) is 19.8 Å². The maximum absolute atomic E-state index is 11.3. The van der Waals surface area contributed by atoms with Gasteiger partial charge in [-0.15, -0.1) is 0 Å².